The first-order valence-electron chi connectivity index (χ1n) is 14.2. The number of aromatic nitrogens is 4. The van der Waals surface area contributed by atoms with Crippen LogP contribution < -0.4 is 0 Å². The summed E-state index contributed by atoms with van der Waals surface area (Å²) in [4.78, 5) is 15.1. The van der Waals surface area contributed by atoms with Gasteiger partial charge in [0.25, 0.3) is 0 Å². The molecule has 0 spiro atoms. The molecule has 0 amide bonds. The Morgan fingerprint density at radius 1 is 0.537 bits per heavy atom. The molecule has 7 rings (SSSR count). The molecule has 7 aromatic rings. The highest BCUT2D eigenvalue weighted by atomic mass is 15.1. The van der Waals surface area contributed by atoms with Crippen molar-refractivity contribution < 1.29 is 0 Å². The molecule has 0 aliphatic carbocycles. The molecule has 5 aromatic carbocycles. The highest BCUT2D eigenvalue weighted by molar-refractivity contribution is 5.84. The van der Waals surface area contributed by atoms with Gasteiger partial charge in [-0.15, -0.1) is 0 Å². The SMILES string of the molecule is CCC(C)c1nc2ccccc2nc1-c1ccc(-c2ccc(-c3nc4ccccc4n3-c3ccccc3)cc2)cc1. The second kappa shape index (κ2) is 10.5. The Hall–Kier alpha value is -5.09. The van der Waals surface area contributed by atoms with Gasteiger partial charge in [0.15, 0.2) is 0 Å². The first-order valence-corrected chi connectivity index (χ1v) is 14.2. The predicted molar refractivity (Wildman–Crippen MR) is 169 cm³/mol. The molecule has 0 aliphatic heterocycles. The van der Waals surface area contributed by atoms with Crippen LogP contribution in [0.4, 0.5) is 0 Å². The summed E-state index contributed by atoms with van der Waals surface area (Å²) in [5, 5.41) is 0. The van der Waals surface area contributed by atoms with Crippen LogP contribution in [0.2, 0.25) is 0 Å². The van der Waals surface area contributed by atoms with E-state index in [9.17, 15) is 0 Å². The minimum atomic E-state index is 0.328. The van der Waals surface area contributed by atoms with Crippen LogP contribution in [0.5, 0.6) is 0 Å². The van der Waals surface area contributed by atoms with Gasteiger partial charge in [-0.25, -0.2) is 15.0 Å². The van der Waals surface area contributed by atoms with Gasteiger partial charge in [-0.2, -0.15) is 0 Å². The molecular weight excluding hydrogens is 500 g/mol. The molecule has 0 radical (unpaired) electrons. The number of fused-ring (bicyclic) bond motifs is 2. The monoisotopic (exact) mass is 530 g/mol. The lowest BCUT2D eigenvalue weighted by molar-refractivity contribution is 0.710. The van der Waals surface area contributed by atoms with Gasteiger partial charge < -0.3 is 0 Å². The zero-order chi connectivity index (χ0) is 27.8. The molecule has 0 fully saturated rings. The van der Waals surface area contributed by atoms with Gasteiger partial charge in [-0.05, 0) is 53.9 Å². The molecule has 1 unspecified atom stereocenters. The first-order chi connectivity index (χ1) is 20.2. The highest BCUT2D eigenvalue weighted by Crippen LogP contribution is 2.33. The van der Waals surface area contributed by atoms with E-state index in [4.69, 9.17) is 15.0 Å². The van der Waals surface area contributed by atoms with Crippen molar-refractivity contribution in [1.82, 2.24) is 19.5 Å². The second-order valence-corrected chi connectivity index (χ2v) is 10.5. The van der Waals surface area contributed by atoms with E-state index in [1.165, 1.54) is 0 Å². The molecule has 198 valence electrons. The largest absolute Gasteiger partial charge is 0.292 e. The van der Waals surface area contributed by atoms with Gasteiger partial charge in [0, 0.05) is 22.7 Å². The minimum absolute atomic E-state index is 0.328. The Bertz CT molecular complexity index is 1970. The molecule has 4 heteroatoms. The van der Waals surface area contributed by atoms with E-state index in [2.05, 4.69) is 109 Å². The van der Waals surface area contributed by atoms with Crippen molar-refractivity contribution in [2.45, 2.75) is 26.2 Å². The Labute approximate surface area is 240 Å². The minimum Gasteiger partial charge on any atom is -0.292 e. The highest BCUT2D eigenvalue weighted by Gasteiger charge is 2.17. The number of benzene rings is 5. The van der Waals surface area contributed by atoms with Crippen LogP contribution in [0.15, 0.2) is 127 Å². The Balaban J connectivity index is 1.24. The van der Waals surface area contributed by atoms with Crippen LogP contribution in [0.3, 0.4) is 0 Å². The van der Waals surface area contributed by atoms with Gasteiger partial charge in [0.2, 0.25) is 0 Å². The van der Waals surface area contributed by atoms with E-state index in [0.29, 0.717) is 5.92 Å². The number of imidazole rings is 1. The maximum Gasteiger partial charge on any atom is 0.145 e. The fourth-order valence-electron chi connectivity index (χ4n) is 5.45. The molecule has 2 aromatic heterocycles. The lowest BCUT2D eigenvalue weighted by Crippen LogP contribution is -2.02. The first kappa shape index (κ1) is 24.9. The summed E-state index contributed by atoms with van der Waals surface area (Å²) >= 11 is 0. The van der Waals surface area contributed by atoms with Crippen molar-refractivity contribution in [3.8, 4) is 39.5 Å². The van der Waals surface area contributed by atoms with Crippen LogP contribution in [-0.4, -0.2) is 19.5 Å². The van der Waals surface area contributed by atoms with Crippen molar-refractivity contribution in [3.05, 3.63) is 133 Å². The third-order valence-corrected chi connectivity index (χ3v) is 7.89. The van der Waals surface area contributed by atoms with Crippen LogP contribution in [0.1, 0.15) is 31.9 Å². The number of nitrogens with zero attached hydrogens (tertiary/aromatic N) is 4. The molecule has 1 atom stereocenters. The van der Waals surface area contributed by atoms with E-state index in [0.717, 1.165) is 73.6 Å². The Morgan fingerprint density at radius 3 is 1.73 bits per heavy atom. The van der Waals surface area contributed by atoms with Gasteiger partial charge in [-0.3, -0.25) is 4.57 Å². The standard InChI is InChI=1S/C37H30N4/c1-3-25(2)35-36(39-32-14-8-7-13-31(32)38-35)28-21-17-26(18-22-28)27-19-23-29(24-20-27)37-40-33-15-9-10-16-34(33)41(37)30-11-5-4-6-12-30/h4-25H,3H2,1-2H3. The molecule has 0 saturated carbocycles. The molecule has 2 heterocycles. The number of hydrogen-bond donors (Lipinski definition) is 0. The lowest BCUT2D eigenvalue weighted by atomic mass is 9.96. The average molecular weight is 531 g/mol. The summed E-state index contributed by atoms with van der Waals surface area (Å²) in [5.41, 5.74) is 11.6. The molecule has 4 nitrogen and oxygen atoms in total. The van der Waals surface area contributed by atoms with Crippen molar-refractivity contribution in [1.29, 1.82) is 0 Å². The maximum absolute atomic E-state index is 5.04. The fraction of sp³-hybridized carbons (Fsp3) is 0.108. The Morgan fingerprint density at radius 2 is 1.07 bits per heavy atom. The van der Waals surface area contributed by atoms with Crippen molar-refractivity contribution >= 4 is 22.1 Å². The normalized spacial score (nSPS) is 12.1. The van der Waals surface area contributed by atoms with E-state index in [-0.39, 0.29) is 0 Å². The number of rotatable bonds is 6. The van der Waals surface area contributed by atoms with Crippen LogP contribution in [0, 0.1) is 0 Å². The molecule has 0 N–H and O–H groups in total. The smallest absolute Gasteiger partial charge is 0.145 e. The van der Waals surface area contributed by atoms with Gasteiger partial charge in [0.05, 0.1) is 33.5 Å². The van der Waals surface area contributed by atoms with E-state index in [1.54, 1.807) is 0 Å². The summed E-state index contributed by atoms with van der Waals surface area (Å²) in [7, 11) is 0. The van der Waals surface area contributed by atoms with Crippen molar-refractivity contribution in [2.24, 2.45) is 0 Å². The summed E-state index contributed by atoms with van der Waals surface area (Å²) in [6, 6.07) is 44.2. The van der Waals surface area contributed by atoms with Crippen LogP contribution in [0.25, 0.3) is 61.5 Å². The quantitative estimate of drug-likeness (QED) is 0.215. The zero-order valence-corrected chi connectivity index (χ0v) is 23.2. The molecular formula is C37H30N4. The summed E-state index contributed by atoms with van der Waals surface area (Å²) < 4.78 is 2.23. The molecule has 41 heavy (non-hydrogen) atoms. The van der Waals surface area contributed by atoms with E-state index >= 15 is 0 Å². The predicted octanol–water partition coefficient (Wildman–Crippen LogP) is 9.48. The average Bonchev–Trinajstić information content (AvgIpc) is 3.44. The Kier molecular flexibility index (Phi) is 6.36. The summed E-state index contributed by atoms with van der Waals surface area (Å²) in [6.07, 6.45) is 1.02. The number of para-hydroxylation sites is 5. The third kappa shape index (κ3) is 4.57. The van der Waals surface area contributed by atoms with Crippen LogP contribution in [-0.2, 0) is 0 Å². The summed E-state index contributed by atoms with van der Waals surface area (Å²) in [5.74, 6) is 1.26. The van der Waals surface area contributed by atoms with Crippen LogP contribution >= 0.6 is 0 Å². The second-order valence-electron chi connectivity index (χ2n) is 10.5. The van der Waals surface area contributed by atoms with E-state index < -0.39 is 0 Å². The molecule has 0 saturated heterocycles. The molecule has 0 bridgehead atoms. The third-order valence-electron chi connectivity index (χ3n) is 7.89. The molecule has 0 aliphatic rings. The maximum atomic E-state index is 5.04. The van der Waals surface area contributed by atoms with E-state index in [1.807, 2.05) is 36.4 Å². The van der Waals surface area contributed by atoms with Gasteiger partial charge in [0.1, 0.15) is 5.82 Å². The van der Waals surface area contributed by atoms with Crippen molar-refractivity contribution in [3.63, 3.8) is 0 Å². The van der Waals surface area contributed by atoms with Crippen molar-refractivity contribution in [2.75, 3.05) is 0 Å². The fourth-order valence-corrected chi connectivity index (χ4v) is 5.45. The topological polar surface area (TPSA) is 43.6 Å². The van der Waals surface area contributed by atoms with Gasteiger partial charge >= 0.3 is 0 Å². The lowest BCUT2D eigenvalue weighted by Gasteiger charge is -2.15. The van der Waals surface area contributed by atoms with Gasteiger partial charge in [-0.1, -0.05) is 105 Å². The summed E-state index contributed by atoms with van der Waals surface area (Å²) in [6.45, 7) is 4.43. The number of hydrogen-bond acceptors (Lipinski definition) is 3. The zero-order valence-electron chi connectivity index (χ0n) is 23.2.